The van der Waals surface area contributed by atoms with Crippen molar-refractivity contribution < 1.29 is 8.42 Å². The van der Waals surface area contributed by atoms with E-state index in [1.54, 1.807) is 4.31 Å². The molecule has 0 aromatic rings. The van der Waals surface area contributed by atoms with Gasteiger partial charge in [0.2, 0.25) is 0 Å². The van der Waals surface area contributed by atoms with Crippen LogP contribution >= 0.6 is 0 Å². The molecule has 0 radical (unpaired) electrons. The van der Waals surface area contributed by atoms with Crippen molar-refractivity contribution in [3.8, 4) is 0 Å². The summed E-state index contributed by atoms with van der Waals surface area (Å²) in [4.78, 5) is 2.51. The number of rotatable bonds is 4. The molecule has 0 aromatic heterocycles. The van der Waals surface area contributed by atoms with Gasteiger partial charge in [0.15, 0.2) is 0 Å². The highest BCUT2D eigenvalue weighted by Gasteiger charge is 2.35. The maximum Gasteiger partial charge on any atom is 0.279 e. The Bertz CT molecular complexity index is 448. The van der Waals surface area contributed by atoms with Crippen LogP contribution in [-0.4, -0.2) is 62.4 Å². The minimum Gasteiger partial charge on any atom is -0.330 e. The fourth-order valence-corrected chi connectivity index (χ4v) is 5.48. The molecule has 0 aliphatic carbocycles. The standard InChI is InChI=1S/C14H28N4O2S/c15-11-12-3-8-18(9-4-12)21(19,20)16-13-5-7-17-6-1-2-14(17)10-13/h12-14,16H,1-11,15H2. The minimum atomic E-state index is -3.32. The van der Waals surface area contributed by atoms with Crippen molar-refractivity contribution in [1.29, 1.82) is 0 Å². The molecule has 3 rings (SSSR count). The Hall–Kier alpha value is -0.210. The van der Waals surface area contributed by atoms with Crippen molar-refractivity contribution in [3.63, 3.8) is 0 Å². The van der Waals surface area contributed by atoms with Crippen LogP contribution in [0.25, 0.3) is 0 Å². The first-order chi connectivity index (χ1) is 10.1. The smallest absolute Gasteiger partial charge is 0.279 e. The van der Waals surface area contributed by atoms with Crippen molar-refractivity contribution in [2.45, 2.75) is 50.6 Å². The molecular weight excluding hydrogens is 288 g/mol. The van der Waals surface area contributed by atoms with Crippen molar-refractivity contribution in [1.82, 2.24) is 13.9 Å². The fraction of sp³-hybridized carbons (Fsp3) is 1.00. The average molecular weight is 316 g/mol. The first-order valence-corrected chi connectivity index (χ1v) is 9.74. The van der Waals surface area contributed by atoms with Gasteiger partial charge in [0, 0.05) is 25.2 Å². The van der Waals surface area contributed by atoms with E-state index in [1.807, 2.05) is 0 Å². The van der Waals surface area contributed by atoms with E-state index in [9.17, 15) is 8.42 Å². The van der Waals surface area contributed by atoms with Gasteiger partial charge in [-0.05, 0) is 64.1 Å². The van der Waals surface area contributed by atoms with Crippen LogP contribution in [0.15, 0.2) is 0 Å². The molecule has 0 bridgehead atoms. The van der Waals surface area contributed by atoms with Crippen molar-refractivity contribution in [2.75, 3.05) is 32.7 Å². The zero-order valence-corrected chi connectivity index (χ0v) is 13.5. The maximum atomic E-state index is 12.5. The predicted octanol–water partition coefficient (Wildman–Crippen LogP) is 0.118. The lowest BCUT2D eigenvalue weighted by Crippen LogP contribution is -2.52. The summed E-state index contributed by atoms with van der Waals surface area (Å²) in [6.07, 6.45) is 6.17. The zero-order chi connectivity index (χ0) is 14.9. The first kappa shape index (κ1) is 15.7. The third-order valence-corrected chi connectivity index (χ3v) is 7.06. The molecule has 3 fully saturated rings. The molecule has 6 nitrogen and oxygen atoms in total. The molecular formula is C14H28N4O2S. The van der Waals surface area contributed by atoms with E-state index in [1.165, 1.54) is 19.4 Å². The van der Waals surface area contributed by atoms with E-state index >= 15 is 0 Å². The lowest BCUT2D eigenvalue weighted by molar-refractivity contribution is 0.174. The van der Waals surface area contributed by atoms with E-state index < -0.39 is 10.2 Å². The van der Waals surface area contributed by atoms with E-state index in [2.05, 4.69) is 9.62 Å². The van der Waals surface area contributed by atoms with Gasteiger partial charge in [-0.1, -0.05) is 0 Å². The van der Waals surface area contributed by atoms with Gasteiger partial charge in [0.25, 0.3) is 10.2 Å². The molecule has 2 atom stereocenters. The summed E-state index contributed by atoms with van der Waals surface area (Å²) in [7, 11) is -3.32. The summed E-state index contributed by atoms with van der Waals surface area (Å²) >= 11 is 0. The summed E-state index contributed by atoms with van der Waals surface area (Å²) in [5.74, 6) is 0.484. The van der Waals surface area contributed by atoms with Crippen LogP contribution in [0.1, 0.15) is 38.5 Å². The van der Waals surface area contributed by atoms with Crippen LogP contribution in [0, 0.1) is 5.92 Å². The molecule has 3 aliphatic heterocycles. The van der Waals surface area contributed by atoms with Gasteiger partial charge in [0.05, 0.1) is 0 Å². The molecule has 7 heteroatoms. The maximum absolute atomic E-state index is 12.5. The molecule has 122 valence electrons. The highest BCUT2D eigenvalue weighted by atomic mass is 32.2. The van der Waals surface area contributed by atoms with Gasteiger partial charge in [-0.15, -0.1) is 0 Å². The predicted molar refractivity (Wildman–Crippen MR) is 83.0 cm³/mol. The number of nitrogens with two attached hydrogens (primary N) is 1. The Kier molecular flexibility index (Phi) is 4.85. The van der Waals surface area contributed by atoms with Gasteiger partial charge < -0.3 is 10.6 Å². The molecule has 2 unspecified atom stereocenters. The Labute approximate surface area is 128 Å². The monoisotopic (exact) mass is 316 g/mol. The second-order valence-electron chi connectivity index (χ2n) is 6.75. The van der Waals surface area contributed by atoms with Crippen molar-refractivity contribution in [3.05, 3.63) is 0 Å². The molecule has 21 heavy (non-hydrogen) atoms. The summed E-state index contributed by atoms with van der Waals surface area (Å²) in [6.45, 7) is 4.12. The molecule has 0 aromatic carbocycles. The number of nitrogens with zero attached hydrogens (tertiary/aromatic N) is 2. The summed E-state index contributed by atoms with van der Waals surface area (Å²) < 4.78 is 29.6. The number of fused-ring (bicyclic) bond motifs is 1. The number of hydrogen-bond acceptors (Lipinski definition) is 4. The molecule has 0 spiro atoms. The highest BCUT2D eigenvalue weighted by molar-refractivity contribution is 7.87. The number of hydrogen-bond donors (Lipinski definition) is 2. The molecule has 0 saturated carbocycles. The second-order valence-corrected chi connectivity index (χ2v) is 8.46. The molecule has 3 saturated heterocycles. The molecule has 0 amide bonds. The van der Waals surface area contributed by atoms with Gasteiger partial charge in [-0.2, -0.15) is 17.4 Å². The third kappa shape index (κ3) is 3.59. The molecule has 3 aliphatic rings. The Morgan fingerprint density at radius 3 is 2.52 bits per heavy atom. The largest absolute Gasteiger partial charge is 0.330 e. The topological polar surface area (TPSA) is 78.7 Å². The van der Waals surface area contributed by atoms with Gasteiger partial charge >= 0.3 is 0 Å². The third-order valence-electron chi connectivity index (χ3n) is 5.38. The Morgan fingerprint density at radius 2 is 1.81 bits per heavy atom. The van der Waals surface area contributed by atoms with E-state index in [0.717, 1.165) is 32.2 Å². The van der Waals surface area contributed by atoms with Crippen LogP contribution in [0.2, 0.25) is 0 Å². The first-order valence-electron chi connectivity index (χ1n) is 8.30. The normalized spacial score (nSPS) is 33.2. The lowest BCUT2D eigenvalue weighted by atomic mass is 9.99. The van der Waals surface area contributed by atoms with Crippen LogP contribution in [-0.2, 0) is 10.2 Å². The Balaban J connectivity index is 1.54. The average Bonchev–Trinajstić information content (AvgIpc) is 2.94. The summed E-state index contributed by atoms with van der Waals surface area (Å²) in [5.41, 5.74) is 5.67. The minimum absolute atomic E-state index is 0.113. The fourth-order valence-electron chi connectivity index (χ4n) is 4.00. The highest BCUT2D eigenvalue weighted by Crippen LogP contribution is 2.27. The molecule has 3 heterocycles. The van der Waals surface area contributed by atoms with Crippen molar-refractivity contribution >= 4 is 10.2 Å². The van der Waals surface area contributed by atoms with Gasteiger partial charge in [-0.25, -0.2) is 0 Å². The van der Waals surface area contributed by atoms with Crippen LogP contribution in [0.3, 0.4) is 0 Å². The summed E-state index contributed by atoms with van der Waals surface area (Å²) in [6, 6.07) is 0.705. The van der Waals surface area contributed by atoms with E-state index in [4.69, 9.17) is 5.73 Å². The second kappa shape index (κ2) is 6.50. The van der Waals surface area contributed by atoms with E-state index in [-0.39, 0.29) is 6.04 Å². The lowest BCUT2D eigenvalue weighted by Gasteiger charge is -2.37. The van der Waals surface area contributed by atoms with E-state index in [0.29, 0.717) is 31.6 Å². The van der Waals surface area contributed by atoms with Gasteiger partial charge in [0.1, 0.15) is 0 Å². The Morgan fingerprint density at radius 1 is 1.05 bits per heavy atom. The van der Waals surface area contributed by atoms with Gasteiger partial charge in [-0.3, -0.25) is 0 Å². The summed E-state index contributed by atoms with van der Waals surface area (Å²) in [5, 5.41) is 0. The van der Waals surface area contributed by atoms with Crippen LogP contribution in [0.5, 0.6) is 0 Å². The molecule has 3 N–H and O–H groups in total. The van der Waals surface area contributed by atoms with Crippen LogP contribution in [0.4, 0.5) is 0 Å². The van der Waals surface area contributed by atoms with Crippen LogP contribution < -0.4 is 10.5 Å². The quantitative estimate of drug-likeness (QED) is 0.772. The number of nitrogens with one attached hydrogen (secondary N) is 1. The van der Waals surface area contributed by atoms with Crippen molar-refractivity contribution in [2.24, 2.45) is 11.7 Å². The number of piperidine rings is 2. The zero-order valence-electron chi connectivity index (χ0n) is 12.7. The SMILES string of the molecule is NCC1CCN(S(=O)(=O)NC2CCN3CCCC3C2)CC1.